The number of carboxylic acids is 1. The molecule has 1 aliphatic heterocycles. The summed E-state index contributed by atoms with van der Waals surface area (Å²) in [5.74, 6) is -4.19. The summed E-state index contributed by atoms with van der Waals surface area (Å²) in [6.45, 7) is 0.324. The lowest BCUT2D eigenvalue weighted by Gasteiger charge is -2.30. The summed E-state index contributed by atoms with van der Waals surface area (Å²) in [7, 11) is 0. The second-order valence-electron chi connectivity index (χ2n) is 4.67. The maximum Gasteiger partial charge on any atom is 0.308 e. The van der Waals surface area contributed by atoms with Crippen LogP contribution in [0.15, 0.2) is 12.1 Å². The van der Waals surface area contributed by atoms with Crippen LogP contribution in [0.5, 0.6) is 0 Å². The van der Waals surface area contributed by atoms with Gasteiger partial charge in [-0.2, -0.15) is 0 Å². The molecule has 1 amide bonds. The largest absolute Gasteiger partial charge is 0.481 e. The highest BCUT2D eigenvalue weighted by atomic mass is 35.5. The number of rotatable bonds is 2. The molecule has 0 aromatic heterocycles. The summed E-state index contributed by atoms with van der Waals surface area (Å²) in [6.07, 6.45) is 0.983. The minimum absolute atomic E-state index is 0.00213. The van der Waals surface area contributed by atoms with E-state index in [0.29, 0.717) is 19.4 Å². The lowest BCUT2D eigenvalue weighted by Crippen LogP contribution is -2.42. The molecule has 0 radical (unpaired) electrons. The van der Waals surface area contributed by atoms with Crippen molar-refractivity contribution in [3.63, 3.8) is 0 Å². The zero-order chi connectivity index (χ0) is 14.9. The number of halogens is 3. The third kappa shape index (κ3) is 2.90. The van der Waals surface area contributed by atoms with Crippen molar-refractivity contribution in [2.24, 2.45) is 5.92 Å². The molecule has 108 valence electrons. The van der Waals surface area contributed by atoms with E-state index < -0.39 is 40.0 Å². The monoisotopic (exact) mass is 303 g/mol. The van der Waals surface area contributed by atoms with Gasteiger partial charge >= 0.3 is 5.97 Å². The first-order valence-corrected chi connectivity index (χ1v) is 6.44. The SMILES string of the molecule is O=C(O)[C@H]1CCCN(C(=O)c2cc(F)c(Cl)cc2F)C1. The van der Waals surface area contributed by atoms with Crippen molar-refractivity contribution >= 4 is 23.5 Å². The van der Waals surface area contributed by atoms with Crippen molar-refractivity contribution in [3.8, 4) is 0 Å². The van der Waals surface area contributed by atoms with E-state index in [2.05, 4.69) is 0 Å². The van der Waals surface area contributed by atoms with E-state index in [1.807, 2.05) is 0 Å². The number of nitrogens with zero attached hydrogens (tertiary/aromatic N) is 1. The first-order valence-electron chi connectivity index (χ1n) is 6.06. The van der Waals surface area contributed by atoms with Gasteiger partial charge in [-0.15, -0.1) is 0 Å². The number of carbonyl (C=O) groups excluding carboxylic acids is 1. The Kier molecular flexibility index (Phi) is 4.23. The van der Waals surface area contributed by atoms with Crippen LogP contribution in [0.4, 0.5) is 8.78 Å². The van der Waals surface area contributed by atoms with Gasteiger partial charge in [0.15, 0.2) is 0 Å². The van der Waals surface area contributed by atoms with Gasteiger partial charge in [-0.3, -0.25) is 9.59 Å². The van der Waals surface area contributed by atoms with Gasteiger partial charge in [0, 0.05) is 13.1 Å². The Morgan fingerprint density at radius 1 is 1.30 bits per heavy atom. The number of carbonyl (C=O) groups is 2. The van der Waals surface area contributed by atoms with Gasteiger partial charge in [0.2, 0.25) is 0 Å². The fourth-order valence-corrected chi connectivity index (χ4v) is 2.37. The van der Waals surface area contributed by atoms with Gasteiger partial charge in [0.05, 0.1) is 16.5 Å². The Labute approximate surface area is 118 Å². The van der Waals surface area contributed by atoms with Crippen LogP contribution >= 0.6 is 11.6 Å². The fraction of sp³-hybridized carbons (Fsp3) is 0.385. The van der Waals surface area contributed by atoms with E-state index in [1.165, 1.54) is 4.90 Å². The van der Waals surface area contributed by atoms with Gasteiger partial charge in [-0.25, -0.2) is 8.78 Å². The molecule has 0 unspecified atom stereocenters. The Bertz CT molecular complexity index is 565. The molecule has 20 heavy (non-hydrogen) atoms. The van der Waals surface area contributed by atoms with Crippen LogP contribution < -0.4 is 0 Å². The summed E-state index contributed by atoms with van der Waals surface area (Å²) in [6, 6.07) is 1.48. The van der Waals surface area contributed by atoms with Crippen LogP contribution in [-0.2, 0) is 4.79 Å². The topological polar surface area (TPSA) is 57.6 Å². The molecule has 4 nitrogen and oxygen atoms in total. The first kappa shape index (κ1) is 14.7. The smallest absolute Gasteiger partial charge is 0.308 e. The van der Waals surface area contributed by atoms with Gasteiger partial charge in [0.1, 0.15) is 11.6 Å². The van der Waals surface area contributed by atoms with Crippen LogP contribution in [0.2, 0.25) is 5.02 Å². The Morgan fingerprint density at radius 2 is 2.00 bits per heavy atom. The molecular formula is C13H12ClF2NO3. The predicted molar refractivity (Wildman–Crippen MR) is 67.6 cm³/mol. The minimum Gasteiger partial charge on any atom is -0.481 e. The summed E-state index contributed by atoms with van der Waals surface area (Å²) in [5.41, 5.74) is -0.432. The number of amides is 1. The summed E-state index contributed by atoms with van der Waals surface area (Å²) in [4.78, 5) is 24.3. The number of hydrogen-bond donors (Lipinski definition) is 1. The van der Waals surface area contributed by atoms with Crippen molar-refractivity contribution in [1.29, 1.82) is 0 Å². The maximum absolute atomic E-state index is 13.7. The zero-order valence-electron chi connectivity index (χ0n) is 10.4. The second-order valence-corrected chi connectivity index (χ2v) is 5.08. The van der Waals surface area contributed by atoms with E-state index in [9.17, 15) is 18.4 Å². The Balaban J connectivity index is 2.23. The van der Waals surface area contributed by atoms with Crippen molar-refractivity contribution < 1.29 is 23.5 Å². The van der Waals surface area contributed by atoms with Gasteiger partial charge in [0.25, 0.3) is 5.91 Å². The van der Waals surface area contributed by atoms with Crippen LogP contribution in [-0.4, -0.2) is 35.0 Å². The normalized spacial score (nSPS) is 18.9. The highest BCUT2D eigenvalue weighted by Gasteiger charge is 2.30. The van der Waals surface area contributed by atoms with E-state index in [4.69, 9.17) is 16.7 Å². The molecule has 1 atom stereocenters. The van der Waals surface area contributed by atoms with Crippen molar-refractivity contribution in [1.82, 2.24) is 4.90 Å². The third-order valence-electron chi connectivity index (χ3n) is 3.30. The number of hydrogen-bond acceptors (Lipinski definition) is 2. The van der Waals surface area contributed by atoms with Crippen molar-refractivity contribution in [2.75, 3.05) is 13.1 Å². The van der Waals surface area contributed by atoms with Crippen LogP contribution in [0.25, 0.3) is 0 Å². The average Bonchev–Trinajstić information content (AvgIpc) is 2.42. The fourth-order valence-electron chi connectivity index (χ4n) is 2.22. The van der Waals surface area contributed by atoms with E-state index in [1.54, 1.807) is 0 Å². The first-order chi connectivity index (χ1) is 9.40. The maximum atomic E-state index is 13.7. The molecule has 2 rings (SSSR count). The second kappa shape index (κ2) is 5.75. The number of piperidine rings is 1. The molecule has 1 fully saturated rings. The predicted octanol–water partition coefficient (Wildman–Crippen LogP) is 2.56. The van der Waals surface area contributed by atoms with E-state index in [-0.39, 0.29) is 6.54 Å². The Hall–Kier alpha value is -1.69. The highest BCUT2D eigenvalue weighted by Crippen LogP contribution is 2.23. The zero-order valence-corrected chi connectivity index (χ0v) is 11.2. The molecule has 0 saturated carbocycles. The number of aliphatic carboxylic acids is 1. The molecule has 1 aliphatic rings. The molecule has 0 spiro atoms. The standard InChI is InChI=1S/C13H12ClF2NO3/c14-9-5-10(15)8(4-11(9)16)12(18)17-3-1-2-7(6-17)13(19)20/h4-5,7H,1-3,6H2,(H,19,20)/t7-/m0/s1. The molecule has 7 heteroatoms. The molecule has 1 heterocycles. The van der Waals surface area contributed by atoms with E-state index in [0.717, 1.165) is 12.1 Å². The highest BCUT2D eigenvalue weighted by molar-refractivity contribution is 6.30. The van der Waals surface area contributed by atoms with Crippen LogP contribution in [0.3, 0.4) is 0 Å². The van der Waals surface area contributed by atoms with Crippen LogP contribution in [0, 0.1) is 17.6 Å². The van der Waals surface area contributed by atoms with Gasteiger partial charge in [-0.1, -0.05) is 11.6 Å². The average molecular weight is 304 g/mol. The summed E-state index contributed by atoms with van der Waals surface area (Å²) >= 11 is 5.42. The molecule has 1 N–H and O–H groups in total. The molecule has 1 aromatic rings. The molecule has 0 aliphatic carbocycles. The molecule has 1 aromatic carbocycles. The summed E-state index contributed by atoms with van der Waals surface area (Å²) < 4.78 is 27.0. The van der Waals surface area contributed by atoms with Crippen LogP contribution in [0.1, 0.15) is 23.2 Å². The van der Waals surface area contributed by atoms with Crippen molar-refractivity contribution in [2.45, 2.75) is 12.8 Å². The van der Waals surface area contributed by atoms with Crippen molar-refractivity contribution in [3.05, 3.63) is 34.4 Å². The minimum atomic E-state index is -0.995. The third-order valence-corrected chi connectivity index (χ3v) is 3.59. The quantitative estimate of drug-likeness (QED) is 0.854. The molecule has 1 saturated heterocycles. The molecular weight excluding hydrogens is 292 g/mol. The molecule has 0 bridgehead atoms. The summed E-state index contributed by atoms with van der Waals surface area (Å²) in [5, 5.41) is 8.55. The van der Waals surface area contributed by atoms with E-state index >= 15 is 0 Å². The van der Waals surface area contributed by atoms with Gasteiger partial charge < -0.3 is 10.0 Å². The number of benzene rings is 1. The Morgan fingerprint density at radius 3 is 2.65 bits per heavy atom. The lowest BCUT2D eigenvalue weighted by atomic mass is 9.97. The van der Waals surface area contributed by atoms with Gasteiger partial charge in [-0.05, 0) is 25.0 Å². The number of carboxylic acid groups (broad SMARTS) is 1. The lowest BCUT2D eigenvalue weighted by molar-refractivity contribution is -0.143. The number of likely N-dealkylation sites (tertiary alicyclic amines) is 1.